The van der Waals surface area contributed by atoms with E-state index in [9.17, 15) is 0 Å². The van der Waals surface area contributed by atoms with Crippen LogP contribution in [0.1, 0.15) is 37.7 Å². The minimum atomic E-state index is 0.593. The Hall–Kier alpha value is -1.55. The van der Waals surface area contributed by atoms with Crippen LogP contribution in [0.5, 0.6) is 0 Å². The molecule has 0 aromatic heterocycles. The molecule has 0 bridgehead atoms. The maximum Gasteiger partial charge on any atom is 0.0915 e. The Morgan fingerprint density at radius 1 is 1.12 bits per heavy atom. The molecule has 1 fully saturated rings. The third-order valence-electron chi connectivity index (χ3n) is 3.37. The monoisotopic (exact) mass is 211 g/mol. The van der Waals surface area contributed by atoms with Gasteiger partial charge in [0.05, 0.1) is 6.07 Å². The summed E-state index contributed by atoms with van der Waals surface area (Å²) in [6.45, 7) is 0. The largest absolute Gasteiger partial charge is 0.193 e. The molecule has 0 spiro atoms. The Bertz CT molecular complexity index is 391. The molecule has 0 radical (unpaired) electrons. The number of hydrogen-bond donors (Lipinski definition) is 0. The minimum Gasteiger partial charge on any atom is -0.193 e. The number of nitrogens with zero attached hydrogens (tertiary/aromatic N) is 1. The van der Waals surface area contributed by atoms with Gasteiger partial charge in [-0.2, -0.15) is 5.26 Å². The highest BCUT2D eigenvalue weighted by atomic mass is 14.3. The molecule has 0 heterocycles. The fourth-order valence-corrected chi connectivity index (χ4v) is 2.55. The van der Waals surface area contributed by atoms with E-state index < -0.39 is 0 Å². The lowest BCUT2D eigenvalue weighted by Crippen LogP contribution is -2.08. The van der Waals surface area contributed by atoms with Gasteiger partial charge in [-0.1, -0.05) is 49.6 Å². The van der Waals surface area contributed by atoms with Crippen molar-refractivity contribution in [3.63, 3.8) is 0 Å². The maximum absolute atomic E-state index is 8.90. The Balaban J connectivity index is 2.24. The van der Waals surface area contributed by atoms with Crippen LogP contribution in [0.3, 0.4) is 0 Å². The molecular weight excluding hydrogens is 194 g/mol. The van der Waals surface area contributed by atoms with Crippen LogP contribution < -0.4 is 0 Å². The smallest absolute Gasteiger partial charge is 0.0915 e. The lowest BCUT2D eigenvalue weighted by Gasteiger charge is -2.24. The second-order valence-electron chi connectivity index (χ2n) is 4.43. The summed E-state index contributed by atoms with van der Waals surface area (Å²) in [6.07, 6.45) is 8.18. The number of benzene rings is 1. The average Bonchev–Trinajstić information content (AvgIpc) is 2.38. The van der Waals surface area contributed by atoms with Gasteiger partial charge in [0.2, 0.25) is 0 Å². The first-order valence-electron chi connectivity index (χ1n) is 6.07. The molecule has 0 atom stereocenters. The maximum atomic E-state index is 8.90. The van der Waals surface area contributed by atoms with Crippen LogP contribution in [-0.4, -0.2) is 0 Å². The van der Waals surface area contributed by atoms with E-state index in [-0.39, 0.29) is 0 Å². The van der Waals surface area contributed by atoms with E-state index in [4.69, 9.17) is 5.26 Å². The van der Waals surface area contributed by atoms with Crippen molar-refractivity contribution in [2.45, 2.75) is 32.1 Å². The molecule has 1 aromatic carbocycles. The molecule has 1 saturated carbocycles. The molecule has 1 aliphatic carbocycles. The fraction of sp³-hybridized carbons (Fsp3) is 0.400. The van der Waals surface area contributed by atoms with Gasteiger partial charge in [-0.25, -0.2) is 0 Å². The van der Waals surface area contributed by atoms with Crippen LogP contribution in [0.25, 0.3) is 5.57 Å². The Kier molecular flexibility index (Phi) is 3.77. The van der Waals surface area contributed by atoms with Crippen molar-refractivity contribution in [2.24, 2.45) is 5.92 Å². The van der Waals surface area contributed by atoms with Crippen LogP contribution in [0.15, 0.2) is 36.4 Å². The van der Waals surface area contributed by atoms with Crippen molar-refractivity contribution in [1.29, 1.82) is 5.26 Å². The fourth-order valence-electron chi connectivity index (χ4n) is 2.55. The van der Waals surface area contributed by atoms with Gasteiger partial charge in [-0.3, -0.25) is 0 Å². The number of hydrogen-bond acceptors (Lipinski definition) is 1. The van der Waals surface area contributed by atoms with Gasteiger partial charge in [0, 0.05) is 6.08 Å². The van der Waals surface area contributed by atoms with Gasteiger partial charge in [0.25, 0.3) is 0 Å². The van der Waals surface area contributed by atoms with Crippen LogP contribution >= 0.6 is 0 Å². The zero-order valence-electron chi connectivity index (χ0n) is 9.52. The molecular formula is C15H17N. The van der Waals surface area contributed by atoms with Crippen molar-refractivity contribution >= 4 is 5.57 Å². The third kappa shape index (κ3) is 2.52. The quantitative estimate of drug-likeness (QED) is 0.673. The molecule has 0 saturated heterocycles. The zero-order valence-corrected chi connectivity index (χ0v) is 9.52. The summed E-state index contributed by atoms with van der Waals surface area (Å²) < 4.78 is 0. The SMILES string of the molecule is N#CC=C(c1ccccc1)C1CCCCC1. The first kappa shape index (κ1) is 11.0. The van der Waals surface area contributed by atoms with E-state index in [0.717, 1.165) is 0 Å². The van der Waals surface area contributed by atoms with Crippen LogP contribution in [-0.2, 0) is 0 Å². The molecule has 1 heteroatoms. The van der Waals surface area contributed by atoms with E-state index >= 15 is 0 Å². The highest BCUT2D eigenvalue weighted by Crippen LogP contribution is 2.34. The van der Waals surface area contributed by atoms with E-state index in [1.165, 1.54) is 43.2 Å². The molecule has 0 unspecified atom stereocenters. The van der Waals surface area contributed by atoms with Gasteiger partial charge in [-0.05, 0) is 29.9 Å². The van der Waals surface area contributed by atoms with Crippen molar-refractivity contribution in [3.05, 3.63) is 42.0 Å². The summed E-state index contributed by atoms with van der Waals surface area (Å²) >= 11 is 0. The number of rotatable bonds is 2. The Morgan fingerprint density at radius 3 is 2.44 bits per heavy atom. The van der Waals surface area contributed by atoms with Crippen LogP contribution in [0.4, 0.5) is 0 Å². The Morgan fingerprint density at radius 2 is 1.81 bits per heavy atom. The molecule has 0 amide bonds. The van der Waals surface area contributed by atoms with Crippen molar-refractivity contribution in [1.82, 2.24) is 0 Å². The van der Waals surface area contributed by atoms with Gasteiger partial charge in [0.1, 0.15) is 0 Å². The van der Waals surface area contributed by atoms with E-state index in [2.05, 4.69) is 18.2 Å². The molecule has 1 aromatic rings. The molecule has 82 valence electrons. The van der Waals surface area contributed by atoms with Gasteiger partial charge >= 0.3 is 0 Å². The summed E-state index contributed by atoms with van der Waals surface area (Å²) in [6, 6.07) is 12.5. The molecule has 0 aliphatic heterocycles. The summed E-state index contributed by atoms with van der Waals surface area (Å²) in [5.41, 5.74) is 2.46. The lowest BCUT2D eigenvalue weighted by atomic mass is 9.81. The molecule has 1 aliphatic rings. The number of allylic oxidation sites excluding steroid dienone is 2. The van der Waals surface area contributed by atoms with Gasteiger partial charge < -0.3 is 0 Å². The molecule has 1 nitrogen and oxygen atoms in total. The lowest BCUT2D eigenvalue weighted by molar-refractivity contribution is 0.429. The topological polar surface area (TPSA) is 23.8 Å². The van der Waals surface area contributed by atoms with Gasteiger partial charge in [0.15, 0.2) is 0 Å². The zero-order chi connectivity index (χ0) is 11.2. The highest BCUT2D eigenvalue weighted by molar-refractivity contribution is 5.69. The second-order valence-corrected chi connectivity index (χ2v) is 4.43. The number of nitriles is 1. The molecule has 2 rings (SSSR count). The van der Waals surface area contributed by atoms with E-state index in [0.29, 0.717) is 5.92 Å². The third-order valence-corrected chi connectivity index (χ3v) is 3.37. The standard InChI is InChI=1S/C15H17N/c16-12-11-15(13-7-3-1-4-8-13)14-9-5-2-6-10-14/h1,3-4,7-8,11,14H,2,5-6,9-10H2. The van der Waals surface area contributed by atoms with Crippen LogP contribution in [0.2, 0.25) is 0 Å². The molecule has 0 N–H and O–H groups in total. The average molecular weight is 211 g/mol. The summed E-state index contributed by atoms with van der Waals surface area (Å²) in [7, 11) is 0. The highest BCUT2D eigenvalue weighted by Gasteiger charge is 2.18. The minimum absolute atomic E-state index is 0.593. The van der Waals surface area contributed by atoms with E-state index in [1.807, 2.05) is 18.2 Å². The second kappa shape index (κ2) is 5.51. The van der Waals surface area contributed by atoms with Crippen molar-refractivity contribution < 1.29 is 0 Å². The summed E-state index contributed by atoms with van der Waals surface area (Å²) in [5.74, 6) is 0.593. The van der Waals surface area contributed by atoms with Crippen molar-refractivity contribution in [2.75, 3.05) is 0 Å². The van der Waals surface area contributed by atoms with Gasteiger partial charge in [-0.15, -0.1) is 0 Å². The predicted molar refractivity (Wildman–Crippen MR) is 66.6 cm³/mol. The van der Waals surface area contributed by atoms with Crippen molar-refractivity contribution in [3.8, 4) is 6.07 Å². The predicted octanol–water partition coefficient (Wildman–Crippen LogP) is 4.17. The summed E-state index contributed by atoms with van der Waals surface area (Å²) in [4.78, 5) is 0. The first-order chi connectivity index (χ1) is 7.92. The summed E-state index contributed by atoms with van der Waals surface area (Å²) in [5, 5.41) is 8.90. The van der Waals surface area contributed by atoms with Crippen LogP contribution in [0, 0.1) is 17.2 Å². The van der Waals surface area contributed by atoms with E-state index in [1.54, 1.807) is 6.08 Å². The molecule has 16 heavy (non-hydrogen) atoms. The first-order valence-corrected chi connectivity index (χ1v) is 6.07. The normalized spacial score (nSPS) is 18.1. The Labute approximate surface area is 97.4 Å².